The van der Waals surface area contributed by atoms with Crippen molar-refractivity contribution in [3.05, 3.63) is 70.3 Å². The summed E-state index contributed by atoms with van der Waals surface area (Å²) >= 11 is 0. The second-order valence-electron chi connectivity index (χ2n) is 4.44. The van der Waals surface area contributed by atoms with Crippen molar-refractivity contribution in [2.45, 2.75) is 19.9 Å². The van der Waals surface area contributed by atoms with Gasteiger partial charge in [-0.15, -0.1) is 0 Å². The Morgan fingerprint density at radius 1 is 1.00 bits per heavy atom. The fourth-order valence-corrected chi connectivity index (χ4v) is 2.00. The van der Waals surface area contributed by atoms with E-state index in [1.165, 1.54) is 6.07 Å². The minimum Gasteiger partial charge on any atom is -0.320 e. The summed E-state index contributed by atoms with van der Waals surface area (Å²) in [4.78, 5) is 0. The molecule has 0 aromatic heterocycles. The molecule has 1 atom stereocenters. The molecule has 0 spiro atoms. The molecule has 0 amide bonds. The Labute approximate surface area is 105 Å². The molecule has 1 unspecified atom stereocenters. The quantitative estimate of drug-likeness (QED) is 0.861. The lowest BCUT2D eigenvalue weighted by molar-refractivity contribution is 0.506. The summed E-state index contributed by atoms with van der Waals surface area (Å²) in [5.74, 6) is -1.72. The molecule has 2 N–H and O–H groups in total. The molecule has 0 aliphatic carbocycles. The zero-order chi connectivity index (χ0) is 13.3. The van der Waals surface area contributed by atoms with E-state index in [2.05, 4.69) is 0 Å². The third-order valence-corrected chi connectivity index (χ3v) is 3.28. The standard InChI is InChI=1S/C15H15F2N/c1-9-4-3-5-12(10(9)2)15(18)11-6-7-13(16)14(17)8-11/h3-8,15H,18H2,1-2H3. The molecule has 0 aliphatic rings. The molecule has 0 saturated heterocycles. The smallest absolute Gasteiger partial charge is 0.159 e. The Morgan fingerprint density at radius 3 is 2.39 bits per heavy atom. The van der Waals surface area contributed by atoms with Crippen LogP contribution in [0.2, 0.25) is 0 Å². The molecule has 94 valence electrons. The lowest BCUT2D eigenvalue weighted by Gasteiger charge is -2.16. The zero-order valence-corrected chi connectivity index (χ0v) is 10.4. The topological polar surface area (TPSA) is 26.0 Å². The highest BCUT2D eigenvalue weighted by Crippen LogP contribution is 2.25. The normalized spacial score (nSPS) is 12.5. The van der Waals surface area contributed by atoms with E-state index in [0.29, 0.717) is 5.56 Å². The summed E-state index contributed by atoms with van der Waals surface area (Å²) < 4.78 is 26.1. The summed E-state index contributed by atoms with van der Waals surface area (Å²) in [5.41, 5.74) is 9.83. The Morgan fingerprint density at radius 2 is 1.72 bits per heavy atom. The monoisotopic (exact) mass is 247 g/mol. The fourth-order valence-electron chi connectivity index (χ4n) is 2.00. The maximum atomic E-state index is 13.2. The van der Waals surface area contributed by atoms with Crippen LogP contribution in [0.25, 0.3) is 0 Å². The predicted molar refractivity (Wildman–Crippen MR) is 68.3 cm³/mol. The Kier molecular flexibility index (Phi) is 3.43. The number of nitrogens with two attached hydrogens (primary N) is 1. The zero-order valence-electron chi connectivity index (χ0n) is 10.4. The van der Waals surface area contributed by atoms with Crippen LogP contribution in [-0.2, 0) is 0 Å². The molecule has 0 fully saturated rings. The van der Waals surface area contributed by atoms with Crippen molar-refractivity contribution in [2.24, 2.45) is 5.73 Å². The van der Waals surface area contributed by atoms with Gasteiger partial charge in [0.05, 0.1) is 6.04 Å². The summed E-state index contributed by atoms with van der Waals surface area (Å²) in [7, 11) is 0. The van der Waals surface area contributed by atoms with Gasteiger partial charge in [0.15, 0.2) is 11.6 Å². The third kappa shape index (κ3) is 2.27. The molecular weight excluding hydrogens is 232 g/mol. The molecule has 0 heterocycles. The van der Waals surface area contributed by atoms with Crippen LogP contribution in [0.5, 0.6) is 0 Å². The minimum absolute atomic E-state index is 0.444. The number of rotatable bonds is 2. The first-order chi connectivity index (χ1) is 8.50. The highest BCUT2D eigenvalue weighted by atomic mass is 19.2. The van der Waals surface area contributed by atoms with Gasteiger partial charge in [0.1, 0.15) is 0 Å². The van der Waals surface area contributed by atoms with Crippen LogP contribution in [0, 0.1) is 25.5 Å². The van der Waals surface area contributed by atoms with Gasteiger partial charge in [0, 0.05) is 0 Å². The molecule has 2 aromatic rings. The first-order valence-corrected chi connectivity index (χ1v) is 5.77. The van der Waals surface area contributed by atoms with Crippen LogP contribution in [0.1, 0.15) is 28.3 Å². The third-order valence-electron chi connectivity index (χ3n) is 3.28. The SMILES string of the molecule is Cc1cccc(C(N)c2ccc(F)c(F)c2)c1C. The average Bonchev–Trinajstić information content (AvgIpc) is 2.35. The van der Waals surface area contributed by atoms with Crippen molar-refractivity contribution >= 4 is 0 Å². The molecule has 18 heavy (non-hydrogen) atoms. The van der Waals surface area contributed by atoms with Crippen molar-refractivity contribution in [3.63, 3.8) is 0 Å². The van der Waals surface area contributed by atoms with E-state index < -0.39 is 17.7 Å². The molecule has 0 radical (unpaired) electrons. The van der Waals surface area contributed by atoms with Crippen LogP contribution in [0.15, 0.2) is 36.4 Å². The van der Waals surface area contributed by atoms with Crippen molar-refractivity contribution in [3.8, 4) is 0 Å². The number of hydrogen-bond acceptors (Lipinski definition) is 1. The molecule has 1 nitrogen and oxygen atoms in total. The first-order valence-electron chi connectivity index (χ1n) is 5.77. The highest BCUT2D eigenvalue weighted by molar-refractivity contribution is 5.40. The highest BCUT2D eigenvalue weighted by Gasteiger charge is 2.14. The van der Waals surface area contributed by atoms with Crippen molar-refractivity contribution in [1.82, 2.24) is 0 Å². The van der Waals surface area contributed by atoms with Gasteiger partial charge in [-0.25, -0.2) is 8.78 Å². The van der Waals surface area contributed by atoms with Crippen LogP contribution in [0.3, 0.4) is 0 Å². The van der Waals surface area contributed by atoms with E-state index in [1.54, 1.807) is 0 Å². The molecule has 3 heteroatoms. The van der Waals surface area contributed by atoms with Crippen LogP contribution < -0.4 is 5.73 Å². The fraction of sp³-hybridized carbons (Fsp3) is 0.200. The van der Waals surface area contributed by atoms with E-state index in [1.807, 2.05) is 32.0 Å². The minimum atomic E-state index is -0.867. The molecule has 2 rings (SSSR count). The van der Waals surface area contributed by atoms with E-state index in [4.69, 9.17) is 5.73 Å². The van der Waals surface area contributed by atoms with E-state index in [9.17, 15) is 8.78 Å². The molecular formula is C15H15F2N. The summed E-state index contributed by atoms with van der Waals surface area (Å²) in [6, 6.07) is 9.16. The van der Waals surface area contributed by atoms with Crippen molar-refractivity contribution in [1.29, 1.82) is 0 Å². The average molecular weight is 247 g/mol. The summed E-state index contributed by atoms with van der Waals surface area (Å²) in [6.45, 7) is 3.97. The van der Waals surface area contributed by atoms with E-state index >= 15 is 0 Å². The maximum absolute atomic E-state index is 13.2. The molecule has 0 bridgehead atoms. The van der Waals surface area contributed by atoms with Crippen LogP contribution in [0.4, 0.5) is 8.78 Å². The van der Waals surface area contributed by atoms with Crippen LogP contribution >= 0.6 is 0 Å². The van der Waals surface area contributed by atoms with Crippen LogP contribution in [-0.4, -0.2) is 0 Å². The van der Waals surface area contributed by atoms with Gasteiger partial charge in [0.25, 0.3) is 0 Å². The van der Waals surface area contributed by atoms with Gasteiger partial charge < -0.3 is 5.73 Å². The second-order valence-corrected chi connectivity index (χ2v) is 4.44. The second kappa shape index (κ2) is 4.86. The molecule has 2 aromatic carbocycles. The molecule has 0 aliphatic heterocycles. The van der Waals surface area contributed by atoms with Gasteiger partial charge in [-0.05, 0) is 48.2 Å². The largest absolute Gasteiger partial charge is 0.320 e. The summed E-state index contributed by atoms with van der Waals surface area (Å²) in [6.07, 6.45) is 0. The molecule has 0 saturated carbocycles. The van der Waals surface area contributed by atoms with Gasteiger partial charge in [-0.2, -0.15) is 0 Å². The Bertz CT molecular complexity index is 579. The number of benzene rings is 2. The number of hydrogen-bond donors (Lipinski definition) is 1. The Hall–Kier alpha value is -1.74. The van der Waals surface area contributed by atoms with E-state index in [0.717, 1.165) is 28.8 Å². The summed E-state index contributed by atoms with van der Waals surface area (Å²) in [5, 5.41) is 0. The van der Waals surface area contributed by atoms with E-state index in [-0.39, 0.29) is 0 Å². The van der Waals surface area contributed by atoms with Gasteiger partial charge in [-0.3, -0.25) is 0 Å². The first kappa shape index (κ1) is 12.7. The number of halogens is 2. The van der Waals surface area contributed by atoms with Crippen molar-refractivity contribution in [2.75, 3.05) is 0 Å². The maximum Gasteiger partial charge on any atom is 0.159 e. The lowest BCUT2D eigenvalue weighted by atomic mass is 9.93. The number of aryl methyl sites for hydroxylation is 1. The predicted octanol–water partition coefficient (Wildman–Crippen LogP) is 3.63. The van der Waals surface area contributed by atoms with Crippen molar-refractivity contribution < 1.29 is 8.78 Å². The Balaban J connectivity index is 2.44. The van der Waals surface area contributed by atoms with Gasteiger partial charge in [0.2, 0.25) is 0 Å². The van der Waals surface area contributed by atoms with Gasteiger partial charge >= 0.3 is 0 Å². The lowest BCUT2D eigenvalue weighted by Crippen LogP contribution is -2.14. The van der Waals surface area contributed by atoms with Gasteiger partial charge in [-0.1, -0.05) is 24.3 Å².